The summed E-state index contributed by atoms with van der Waals surface area (Å²) >= 11 is 0. The van der Waals surface area contributed by atoms with E-state index >= 15 is 0 Å². The zero-order valence-electron chi connectivity index (χ0n) is 13.6. The van der Waals surface area contributed by atoms with Gasteiger partial charge in [0.2, 0.25) is 0 Å². The van der Waals surface area contributed by atoms with Gasteiger partial charge in [-0.25, -0.2) is 0 Å². The molecule has 0 unspecified atom stereocenters. The molecule has 3 aromatic rings. The van der Waals surface area contributed by atoms with Crippen LogP contribution in [0.2, 0.25) is 0 Å². The molecule has 0 saturated heterocycles. The minimum absolute atomic E-state index is 0. The van der Waals surface area contributed by atoms with Crippen LogP contribution in [0.15, 0.2) is 0 Å². The SMILES string of the molecule is O=C([O-])Cc1nn[nH]n1.O=C([O-])Cc1nn[nH]n1.O=C([O-])Cc1nn[nH]n1.[Ce+3]. The molecule has 0 bridgehead atoms. The minimum Gasteiger partial charge on any atom is -0.550 e. The quantitative estimate of drug-likeness (QED) is 0.271. The van der Waals surface area contributed by atoms with Crippen LogP contribution in [0, 0.1) is 41.7 Å². The first-order chi connectivity index (χ1) is 12.9. The molecule has 18 nitrogen and oxygen atoms in total. The predicted molar refractivity (Wildman–Crippen MR) is 68.7 cm³/mol. The Hall–Kier alpha value is -3.00. The average molecular weight is 521 g/mol. The summed E-state index contributed by atoms with van der Waals surface area (Å²) in [5.41, 5.74) is 0. The van der Waals surface area contributed by atoms with Crippen LogP contribution in [0.5, 0.6) is 0 Å². The van der Waals surface area contributed by atoms with Crippen LogP contribution in [0.1, 0.15) is 17.5 Å². The number of tetrazole rings is 3. The summed E-state index contributed by atoms with van der Waals surface area (Å²) in [6.45, 7) is 0. The Morgan fingerprint density at radius 3 is 1.00 bits per heavy atom. The Balaban J connectivity index is 0.000000384. The van der Waals surface area contributed by atoms with Gasteiger partial charge < -0.3 is 29.7 Å². The third-order valence-electron chi connectivity index (χ3n) is 2.07. The molecule has 3 aromatic heterocycles. The maximum Gasteiger partial charge on any atom is 3.00 e. The van der Waals surface area contributed by atoms with Crippen LogP contribution in [-0.4, -0.2) is 79.8 Å². The average Bonchev–Trinajstić information content (AvgIpc) is 3.30. The van der Waals surface area contributed by atoms with E-state index in [4.69, 9.17) is 0 Å². The second-order valence-electron chi connectivity index (χ2n) is 4.13. The number of hydrogen-bond acceptors (Lipinski definition) is 15. The van der Waals surface area contributed by atoms with Gasteiger partial charge in [0.1, 0.15) is 0 Å². The van der Waals surface area contributed by atoms with E-state index in [1.807, 2.05) is 0 Å². The number of carbonyl (C=O) groups is 3. The van der Waals surface area contributed by atoms with Gasteiger partial charge in [0.05, 0.1) is 19.3 Å². The van der Waals surface area contributed by atoms with Gasteiger partial charge in [-0.05, 0) is 0 Å². The topological polar surface area (TPSA) is 284 Å². The Morgan fingerprint density at radius 1 is 0.607 bits per heavy atom. The Kier molecular flexibility index (Phi) is 12.6. The maximum atomic E-state index is 9.83. The first-order valence-corrected chi connectivity index (χ1v) is 6.63. The number of hydrogen-bond donors (Lipinski definition) is 3. The number of nitrogens with zero attached hydrogens (tertiary/aromatic N) is 9. The number of carboxylic acids is 3. The van der Waals surface area contributed by atoms with Gasteiger partial charge in [0.25, 0.3) is 0 Å². The molecule has 1 radical (unpaired) electrons. The van der Waals surface area contributed by atoms with E-state index in [1.54, 1.807) is 0 Å². The molecule has 0 aliphatic rings. The smallest absolute Gasteiger partial charge is 0.550 e. The van der Waals surface area contributed by atoms with Gasteiger partial charge in [-0.15, -0.1) is 30.6 Å². The third-order valence-corrected chi connectivity index (χ3v) is 2.07. The fourth-order valence-corrected chi connectivity index (χ4v) is 1.16. The molecule has 3 rings (SSSR count). The number of H-pyrrole nitrogens is 3. The second-order valence-corrected chi connectivity index (χ2v) is 4.13. The number of rotatable bonds is 6. The van der Waals surface area contributed by atoms with Gasteiger partial charge in [0, 0.05) is 17.9 Å². The normalized spacial score (nSPS) is 9.00. The molecule has 145 valence electrons. The fourth-order valence-electron chi connectivity index (χ4n) is 1.16. The Bertz CT molecular complexity index is 697. The van der Waals surface area contributed by atoms with Crippen LogP contribution in [-0.2, 0) is 33.6 Å². The van der Waals surface area contributed by atoms with Gasteiger partial charge in [-0.2, -0.15) is 15.6 Å². The number of carbonyl (C=O) groups excluding carboxylic acids is 3. The van der Waals surface area contributed by atoms with Crippen molar-refractivity contribution in [2.75, 3.05) is 0 Å². The second kappa shape index (κ2) is 14.1. The molecule has 0 amide bonds. The van der Waals surface area contributed by atoms with Gasteiger partial charge in [0.15, 0.2) is 17.5 Å². The summed E-state index contributed by atoms with van der Waals surface area (Å²) in [4.78, 5) is 29.5. The van der Waals surface area contributed by atoms with E-state index < -0.39 is 17.9 Å². The van der Waals surface area contributed by atoms with Crippen molar-refractivity contribution in [1.29, 1.82) is 0 Å². The van der Waals surface area contributed by atoms with Crippen LogP contribution in [0.4, 0.5) is 0 Å². The molecule has 0 spiro atoms. The number of carboxylic acid groups (broad SMARTS) is 3. The van der Waals surface area contributed by atoms with Crippen molar-refractivity contribution in [3.05, 3.63) is 17.5 Å². The number of aromatic nitrogens is 12. The molecule has 28 heavy (non-hydrogen) atoms. The van der Waals surface area contributed by atoms with Crippen molar-refractivity contribution in [3.63, 3.8) is 0 Å². The first kappa shape index (κ1) is 25.0. The monoisotopic (exact) mass is 521 g/mol. The summed E-state index contributed by atoms with van der Waals surface area (Å²) in [6.07, 6.45) is -0.885. The van der Waals surface area contributed by atoms with Gasteiger partial charge in [-0.3, -0.25) is 0 Å². The molecule has 0 aliphatic heterocycles. The molecule has 0 saturated carbocycles. The van der Waals surface area contributed by atoms with E-state index in [0.29, 0.717) is 0 Å². The molecular formula is C9H9CeN12O6. The molecule has 3 N–H and O–H groups in total. The van der Waals surface area contributed by atoms with Crippen molar-refractivity contribution in [3.8, 4) is 0 Å². The Morgan fingerprint density at radius 2 is 0.857 bits per heavy atom. The molecule has 0 aliphatic carbocycles. The number of aromatic amines is 3. The standard InChI is InChI=1S/3C3H4N4O2.Ce/c3*8-3(9)1-2-4-6-7-5-2;/h3*1H2,(H,8,9)(H,4,5,6,7);/q;;;+3/p-3. The summed E-state index contributed by atoms with van der Waals surface area (Å²) in [6, 6.07) is 0. The first-order valence-electron chi connectivity index (χ1n) is 6.63. The van der Waals surface area contributed by atoms with E-state index in [0.717, 1.165) is 0 Å². The minimum atomic E-state index is -1.21. The summed E-state index contributed by atoms with van der Waals surface area (Å²) in [5.74, 6) is -3.23. The van der Waals surface area contributed by atoms with Crippen molar-refractivity contribution in [2.45, 2.75) is 19.3 Å². The van der Waals surface area contributed by atoms with Crippen LogP contribution in [0.25, 0.3) is 0 Å². The fraction of sp³-hybridized carbons (Fsp3) is 0.333. The predicted octanol–water partition coefficient (Wildman–Crippen LogP) is -7.52. The zero-order valence-corrected chi connectivity index (χ0v) is 16.7. The van der Waals surface area contributed by atoms with Crippen molar-refractivity contribution >= 4 is 17.9 Å². The van der Waals surface area contributed by atoms with Crippen LogP contribution < -0.4 is 15.3 Å². The summed E-state index contributed by atoms with van der Waals surface area (Å²) in [5, 5.41) is 65.6. The van der Waals surface area contributed by atoms with E-state index in [2.05, 4.69) is 61.9 Å². The van der Waals surface area contributed by atoms with E-state index in [1.165, 1.54) is 0 Å². The molecule has 0 atom stereocenters. The van der Waals surface area contributed by atoms with Gasteiger partial charge >= 0.3 is 41.7 Å². The zero-order chi connectivity index (χ0) is 20.1. The molecule has 0 fully saturated rings. The molecule has 0 aromatic carbocycles. The number of aliphatic carboxylic acids is 3. The molecule has 3 heterocycles. The van der Waals surface area contributed by atoms with E-state index in [-0.39, 0.29) is 78.5 Å². The van der Waals surface area contributed by atoms with Crippen LogP contribution >= 0.6 is 0 Å². The molecular weight excluding hydrogens is 512 g/mol. The van der Waals surface area contributed by atoms with E-state index in [9.17, 15) is 29.7 Å². The van der Waals surface area contributed by atoms with Crippen molar-refractivity contribution in [1.82, 2.24) is 61.9 Å². The Labute approximate surface area is 187 Å². The summed E-state index contributed by atoms with van der Waals surface area (Å²) in [7, 11) is 0. The molecule has 19 heteroatoms. The van der Waals surface area contributed by atoms with Gasteiger partial charge in [-0.1, -0.05) is 15.6 Å². The number of nitrogens with one attached hydrogen (secondary N) is 3. The van der Waals surface area contributed by atoms with Crippen LogP contribution in [0.3, 0.4) is 0 Å². The largest absolute Gasteiger partial charge is 3.00 e. The van der Waals surface area contributed by atoms with Crippen molar-refractivity contribution < 1.29 is 71.5 Å². The summed E-state index contributed by atoms with van der Waals surface area (Å²) < 4.78 is 0. The van der Waals surface area contributed by atoms with Crippen molar-refractivity contribution in [2.24, 2.45) is 0 Å². The third kappa shape index (κ3) is 12.4. The maximum absolute atomic E-state index is 9.83.